The Hall–Kier alpha value is -1.20. The smallest absolute Gasteiger partial charge is 0.178 e. The van der Waals surface area contributed by atoms with Gasteiger partial charge in [0.05, 0.1) is 0 Å². The monoisotopic (exact) mass is 209 g/mol. The Morgan fingerprint density at radius 2 is 2.21 bits per heavy atom. The molecule has 1 aliphatic rings. The van der Waals surface area contributed by atoms with Crippen molar-refractivity contribution >= 4 is 17.2 Å². The Morgan fingerprint density at radius 1 is 1.36 bits per heavy atom. The molecule has 1 N–H and O–H groups in total. The molecule has 1 fully saturated rings. The van der Waals surface area contributed by atoms with Crippen molar-refractivity contribution < 1.29 is 0 Å². The summed E-state index contributed by atoms with van der Waals surface area (Å²) in [6.07, 6.45) is 0. The maximum atomic E-state index is 5.81. The topological polar surface area (TPSA) is 55.1 Å². The molecule has 2 aromatic heterocycles. The maximum Gasteiger partial charge on any atom is 0.178 e. The van der Waals surface area contributed by atoms with E-state index in [0.29, 0.717) is 11.1 Å². The molecule has 0 aromatic carbocycles. The SMILES string of the molecule is Clc1ccc2nnc(C3CNC3)n2n1. The minimum atomic E-state index is 0.413. The van der Waals surface area contributed by atoms with Crippen LogP contribution in [-0.4, -0.2) is 32.9 Å². The molecular weight excluding hydrogens is 202 g/mol. The van der Waals surface area contributed by atoms with E-state index in [0.717, 1.165) is 24.6 Å². The Bertz CT molecular complexity index is 476. The van der Waals surface area contributed by atoms with Crippen molar-refractivity contribution in [3.05, 3.63) is 23.1 Å². The van der Waals surface area contributed by atoms with Gasteiger partial charge in [0.1, 0.15) is 5.15 Å². The fraction of sp³-hybridized carbons (Fsp3) is 0.375. The Morgan fingerprint density at radius 3 is 2.93 bits per heavy atom. The number of hydrogen-bond acceptors (Lipinski definition) is 4. The average Bonchev–Trinajstić information content (AvgIpc) is 2.46. The second-order valence-corrected chi connectivity index (χ2v) is 3.73. The third-order valence-electron chi connectivity index (χ3n) is 2.40. The minimum Gasteiger partial charge on any atom is -0.315 e. The van der Waals surface area contributed by atoms with Crippen LogP contribution in [0.4, 0.5) is 0 Å². The first-order valence-electron chi connectivity index (χ1n) is 4.43. The van der Waals surface area contributed by atoms with E-state index in [1.807, 2.05) is 6.07 Å². The van der Waals surface area contributed by atoms with E-state index in [1.54, 1.807) is 10.6 Å². The number of nitrogens with zero attached hydrogens (tertiary/aromatic N) is 4. The zero-order valence-corrected chi connectivity index (χ0v) is 8.07. The van der Waals surface area contributed by atoms with Crippen molar-refractivity contribution in [2.75, 3.05) is 13.1 Å². The first kappa shape index (κ1) is 8.14. The Kier molecular flexibility index (Phi) is 1.68. The van der Waals surface area contributed by atoms with Gasteiger partial charge in [0.2, 0.25) is 0 Å². The van der Waals surface area contributed by atoms with Gasteiger partial charge in [-0.3, -0.25) is 0 Å². The zero-order valence-electron chi connectivity index (χ0n) is 7.31. The van der Waals surface area contributed by atoms with Gasteiger partial charge in [0.15, 0.2) is 11.5 Å². The van der Waals surface area contributed by atoms with Crippen molar-refractivity contribution in [3.63, 3.8) is 0 Å². The van der Waals surface area contributed by atoms with Crippen LogP contribution in [0.1, 0.15) is 11.7 Å². The summed E-state index contributed by atoms with van der Waals surface area (Å²) in [4.78, 5) is 0. The molecule has 6 heteroatoms. The molecule has 3 rings (SSSR count). The van der Waals surface area contributed by atoms with Gasteiger partial charge in [0.25, 0.3) is 0 Å². The van der Waals surface area contributed by atoms with Crippen molar-refractivity contribution in [2.45, 2.75) is 5.92 Å². The molecular formula is C8H8ClN5. The van der Waals surface area contributed by atoms with Gasteiger partial charge in [-0.05, 0) is 12.1 Å². The van der Waals surface area contributed by atoms with Crippen LogP contribution in [0.15, 0.2) is 12.1 Å². The van der Waals surface area contributed by atoms with E-state index < -0.39 is 0 Å². The fourth-order valence-electron chi connectivity index (χ4n) is 1.51. The number of nitrogens with one attached hydrogen (secondary N) is 1. The lowest BCUT2D eigenvalue weighted by Gasteiger charge is -2.24. The standard InChI is InChI=1S/C8H8ClN5/c9-6-1-2-7-11-12-8(14(7)13-6)5-3-10-4-5/h1-2,5,10H,3-4H2. The molecule has 72 valence electrons. The van der Waals surface area contributed by atoms with Gasteiger partial charge in [-0.1, -0.05) is 11.6 Å². The van der Waals surface area contributed by atoms with Crippen LogP contribution < -0.4 is 5.32 Å². The van der Waals surface area contributed by atoms with Crippen LogP contribution in [0.3, 0.4) is 0 Å². The highest BCUT2D eigenvalue weighted by molar-refractivity contribution is 6.29. The largest absolute Gasteiger partial charge is 0.315 e. The molecule has 1 aliphatic heterocycles. The van der Waals surface area contributed by atoms with E-state index in [9.17, 15) is 0 Å². The lowest BCUT2D eigenvalue weighted by molar-refractivity contribution is 0.423. The summed E-state index contributed by atoms with van der Waals surface area (Å²) < 4.78 is 1.72. The maximum absolute atomic E-state index is 5.81. The number of rotatable bonds is 1. The number of fused-ring (bicyclic) bond motifs is 1. The van der Waals surface area contributed by atoms with Gasteiger partial charge in [-0.15, -0.1) is 10.2 Å². The molecule has 0 saturated carbocycles. The van der Waals surface area contributed by atoms with Gasteiger partial charge in [0, 0.05) is 19.0 Å². The second kappa shape index (κ2) is 2.90. The molecule has 1 saturated heterocycles. The molecule has 0 spiro atoms. The summed E-state index contributed by atoms with van der Waals surface area (Å²) in [6.45, 7) is 1.88. The number of hydrogen-bond donors (Lipinski definition) is 1. The van der Waals surface area contributed by atoms with Crippen molar-refractivity contribution in [3.8, 4) is 0 Å². The quantitative estimate of drug-likeness (QED) is 0.742. The van der Waals surface area contributed by atoms with Gasteiger partial charge in [-0.2, -0.15) is 9.61 Å². The summed E-state index contributed by atoms with van der Waals surface area (Å²) in [5, 5.41) is 16.0. The van der Waals surface area contributed by atoms with E-state index in [1.165, 1.54) is 0 Å². The Labute approximate surface area is 85.1 Å². The molecule has 0 bridgehead atoms. The summed E-state index contributed by atoms with van der Waals surface area (Å²) in [6, 6.07) is 3.53. The van der Waals surface area contributed by atoms with E-state index in [4.69, 9.17) is 11.6 Å². The van der Waals surface area contributed by atoms with Crippen LogP contribution in [-0.2, 0) is 0 Å². The molecule has 0 amide bonds. The first-order chi connectivity index (χ1) is 6.84. The van der Waals surface area contributed by atoms with Crippen molar-refractivity contribution in [1.29, 1.82) is 0 Å². The summed E-state index contributed by atoms with van der Waals surface area (Å²) in [5.74, 6) is 1.30. The van der Waals surface area contributed by atoms with Crippen LogP contribution in [0.2, 0.25) is 5.15 Å². The molecule has 0 atom stereocenters. The number of aromatic nitrogens is 4. The highest BCUT2D eigenvalue weighted by Crippen LogP contribution is 2.18. The molecule has 2 aromatic rings. The lowest BCUT2D eigenvalue weighted by Crippen LogP contribution is -2.41. The molecule has 3 heterocycles. The van der Waals surface area contributed by atoms with E-state index in [-0.39, 0.29) is 0 Å². The number of halogens is 1. The third-order valence-corrected chi connectivity index (χ3v) is 2.60. The highest BCUT2D eigenvalue weighted by atomic mass is 35.5. The Balaban J connectivity index is 2.18. The molecule has 0 aliphatic carbocycles. The van der Waals surface area contributed by atoms with E-state index in [2.05, 4.69) is 20.6 Å². The van der Waals surface area contributed by atoms with E-state index >= 15 is 0 Å². The minimum absolute atomic E-state index is 0.413. The second-order valence-electron chi connectivity index (χ2n) is 3.34. The van der Waals surface area contributed by atoms with Gasteiger partial charge >= 0.3 is 0 Å². The zero-order chi connectivity index (χ0) is 9.54. The molecule has 14 heavy (non-hydrogen) atoms. The van der Waals surface area contributed by atoms with Crippen LogP contribution in [0, 0.1) is 0 Å². The summed E-state index contributed by atoms with van der Waals surface area (Å²) in [7, 11) is 0. The normalized spacial score (nSPS) is 17.2. The molecule has 0 unspecified atom stereocenters. The molecule has 0 radical (unpaired) electrons. The highest BCUT2D eigenvalue weighted by Gasteiger charge is 2.24. The predicted octanol–water partition coefficient (Wildman–Crippen LogP) is 0.464. The van der Waals surface area contributed by atoms with Crippen molar-refractivity contribution in [1.82, 2.24) is 25.1 Å². The summed E-state index contributed by atoms with van der Waals surface area (Å²) in [5.41, 5.74) is 0.747. The lowest BCUT2D eigenvalue weighted by atomic mass is 10.0. The summed E-state index contributed by atoms with van der Waals surface area (Å²) >= 11 is 5.81. The van der Waals surface area contributed by atoms with Gasteiger partial charge < -0.3 is 5.32 Å². The van der Waals surface area contributed by atoms with Crippen LogP contribution >= 0.6 is 11.6 Å². The fourth-order valence-corrected chi connectivity index (χ4v) is 1.65. The van der Waals surface area contributed by atoms with Crippen molar-refractivity contribution in [2.24, 2.45) is 0 Å². The third kappa shape index (κ3) is 1.09. The van der Waals surface area contributed by atoms with Crippen LogP contribution in [0.25, 0.3) is 5.65 Å². The van der Waals surface area contributed by atoms with Gasteiger partial charge in [-0.25, -0.2) is 0 Å². The molecule has 5 nitrogen and oxygen atoms in total. The van der Waals surface area contributed by atoms with Crippen LogP contribution in [0.5, 0.6) is 0 Å². The first-order valence-corrected chi connectivity index (χ1v) is 4.81. The predicted molar refractivity (Wildman–Crippen MR) is 51.4 cm³/mol. The average molecular weight is 210 g/mol.